The first-order valence-electron chi connectivity index (χ1n) is 10.0. The number of para-hydroxylation sites is 1. The van der Waals surface area contributed by atoms with E-state index in [4.69, 9.17) is 9.47 Å². The number of methoxy groups -OCH3 is 1. The van der Waals surface area contributed by atoms with Gasteiger partial charge in [-0.25, -0.2) is 9.78 Å². The zero-order valence-electron chi connectivity index (χ0n) is 17.9. The van der Waals surface area contributed by atoms with Gasteiger partial charge in [0.2, 0.25) is 5.91 Å². The number of hydrogen-bond donors (Lipinski definition) is 2. The number of aromatic nitrogens is 2. The molecule has 0 unspecified atom stereocenters. The largest absolute Gasteiger partial charge is 0.497 e. The van der Waals surface area contributed by atoms with Crippen LogP contribution in [0.1, 0.15) is 28.5 Å². The Morgan fingerprint density at radius 1 is 1.16 bits per heavy atom. The monoisotopic (exact) mass is 455 g/mol. The number of carbonyl (C=O) groups excluding carboxylic acids is 2. The summed E-state index contributed by atoms with van der Waals surface area (Å²) >= 11 is 1.25. The molecule has 1 aromatic heterocycles. The molecule has 0 spiro atoms. The van der Waals surface area contributed by atoms with E-state index < -0.39 is 5.97 Å². The minimum absolute atomic E-state index is 0.0850. The van der Waals surface area contributed by atoms with Crippen molar-refractivity contribution in [3.05, 3.63) is 71.5 Å². The molecule has 0 radical (unpaired) electrons. The minimum Gasteiger partial charge on any atom is -0.497 e. The summed E-state index contributed by atoms with van der Waals surface area (Å²) in [6, 6.07) is 14.3. The third-order valence-corrected chi connectivity index (χ3v) is 5.58. The van der Waals surface area contributed by atoms with Crippen LogP contribution in [0, 0.1) is 0 Å². The van der Waals surface area contributed by atoms with E-state index in [1.807, 2.05) is 28.8 Å². The van der Waals surface area contributed by atoms with E-state index in [2.05, 4.69) is 10.3 Å². The van der Waals surface area contributed by atoms with Crippen LogP contribution in [0.5, 0.6) is 5.75 Å². The molecule has 0 aliphatic carbocycles. The molecular weight excluding hydrogens is 430 g/mol. The molecule has 168 valence electrons. The summed E-state index contributed by atoms with van der Waals surface area (Å²) in [5.41, 5.74) is 2.36. The van der Waals surface area contributed by atoms with Gasteiger partial charge in [0.25, 0.3) is 0 Å². The normalized spacial score (nSPS) is 10.6. The lowest BCUT2D eigenvalue weighted by molar-refractivity contribution is -0.113. The number of nitrogens with zero attached hydrogens (tertiary/aromatic N) is 2. The number of ether oxygens (including phenoxy) is 2. The molecule has 0 saturated heterocycles. The molecule has 1 amide bonds. The van der Waals surface area contributed by atoms with Crippen LogP contribution in [0.4, 0.5) is 5.69 Å². The fourth-order valence-corrected chi connectivity index (χ4v) is 3.81. The number of thioether (sulfide) groups is 1. The average molecular weight is 456 g/mol. The van der Waals surface area contributed by atoms with Gasteiger partial charge in [-0.1, -0.05) is 36.0 Å². The lowest BCUT2D eigenvalue weighted by atomic mass is 10.2. The fourth-order valence-electron chi connectivity index (χ4n) is 3.01. The number of hydrogen-bond acceptors (Lipinski definition) is 7. The molecule has 2 N–H and O–H groups in total. The van der Waals surface area contributed by atoms with E-state index >= 15 is 0 Å². The third kappa shape index (κ3) is 5.89. The van der Waals surface area contributed by atoms with Crippen molar-refractivity contribution in [2.24, 2.45) is 0 Å². The molecule has 8 nitrogen and oxygen atoms in total. The molecule has 0 aliphatic heterocycles. The van der Waals surface area contributed by atoms with Gasteiger partial charge in [0.15, 0.2) is 5.16 Å². The standard InChI is InChI=1S/C23H25N3O5S/c1-3-31-22(29)19-6-4-5-7-20(19)25-21(28)15-32-23-24-12-17(14-27)26(23)13-16-8-10-18(30-2)11-9-16/h4-12,27H,3,13-15H2,1-2H3,(H,25,28). The fraction of sp³-hybridized carbons (Fsp3) is 0.261. The second-order valence-corrected chi connectivity index (χ2v) is 7.67. The van der Waals surface area contributed by atoms with E-state index in [9.17, 15) is 14.7 Å². The van der Waals surface area contributed by atoms with Gasteiger partial charge in [0.05, 0.1) is 49.2 Å². The summed E-state index contributed by atoms with van der Waals surface area (Å²) in [4.78, 5) is 29.0. The Hall–Kier alpha value is -3.30. The van der Waals surface area contributed by atoms with Crippen molar-refractivity contribution in [3.63, 3.8) is 0 Å². The maximum Gasteiger partial charge on any atom is 0.340 e. The van der Waals surface area contributed by atoms with Crippen molar-refractivity contribution in [1.29, 1.82) is 0 Å². The van der Waals surface area contributed by atoms with Crippen molar-refractivity contribution in [3.8, 4) is 5.75 Å². The molecule has 0 fully saturated rings. The molecule has 0 saturated carbocycles. The van der Waals surface area contributed by atoms with Crippen molar-refractivity contribution in [2.45, 2.75) is 25.2 Å². The molecule has 3 rings (SSSR count). The SMILES string of the molecule is CCOC(=O)c1ccccc1NC(=O)CSc1ncc(CO)n1Cc1ccc(OC)cc1. The lowest BCUT2D eigenvalue weighted by Gasteiger charge is -2.12. The van der Waals surface area contributed by atoms with Gasteiger partial charge in [-0.2, -0.15) is 0 Å². The maximum absolute atomic E-state index is 12.6. The second-order valence-electron chi connectivity index (χ2n) is 6.73. The molecule has 3 aromatic rings. The number of anilines is 1. The molecule has 32 heavy (non-hydrogen) atoms. The Balaban J connectivity index is 1.68. The summed E-state index contributed by atoms with van der Waals surface area (Å²) in [6.07, 6.45) is 1.60. The summed E-state index contributed by atoms with van der Waals surface area (Å²) in [6.45, 7) is 2.31. The van der Waals surface area contributed by atoms with Crippen LogP contribution in [0.3, 0.4) is 0 Å². The highest BCUT2D eigenvalue weighted by atomic mass is 32.2. The van der Waals surface area contributed by atoms with Crippen LogP contribution in [0.2, 0.25) is 0 Å². The van der Waals surface area contributed by atoms with Crippen LogP contribution >= 0.6 is 11.8 Å². The number of aliphatic hydroxyl groups excluding tert-OH is 1. The predicted molar refractivity (Wildman–Crippen MR) is 122 cm³/mol. The number of imidazole rings is 1. The smallest absolute Gasteiger partial charge is 0.340 e. The minimum atomic E-state index is -0.487. The van der Waals surface area contributed by atoms with Gasteiger partial charge in [0, 0.05) is 6.54 Å². The highest BCUT2D eigenvalue weighted by molar-refractivity contribution is 7.99. The highest BCUT2D eigenvalue weighted by Crippen LogP contribution is 2.23. The first-order valence-corrected chi connectivity index (χ1v) is 11.0. The molecule has 2 aromatic carbocycles. The maximum atomic E-state index is 12.6. The molecular formula is C23H25N3O5S. The van der Waals surface area contributed by atoms with Gasteiger partial charge >= 0.3 is 5.97 Å². The van der Waals surface area contributed by atoms with E-state index in [1.165, 1.54) is 11.8 Å². The topological polar surface area (TPSA) is 103 Å². The third-order valence-electron chi connectivity index (χ3n) is 4.59. The number of aliphatic hydroxyl groups is 1. The van der Waals surface area contributed by atoms with Crippen LogP contribution in [0.25, 0.3) is 0 Å². The highest BCUT2D eigenvalue weighted by Gasteiger charge is 2.16. The van der Waals surface area contributed by atoms with Gasteiger partial charge in [-0.05, 0) is 36.8 Å². The lowest BCUT2D eigenvalue weighted by Crippen LogP contribution is -2.18. The molecule has 0 aliphatic rings. The van der Waals surface area contributed by atoms with Gasteiger partial charge in [-0.15, -0.1) is 0 Å². The van der Waals surface area contributed by atoms with Gasteiger partial charge in [-0.3, -0.25) is 4.79 Å². The number of benzene rings is 2. The van der Waals surface area contributed by atoms with Crippen LogP contribution < -0.4 is 10.1 Å². The molecule has 0 atom stereocenters. The van der Waals surface area contributed by atoms with Crippen LogP contribution in [0.15, 0.2) is 59.9 Å². The zero-order chi connectivity index (χ0) is 22.9. The Kier molecular flexibility index (Phi) is 8.29. The average Bonchev–Trinajstić information content (AvgIpc) is 3.20. The van der Waals surface area contributed by atoms with Crippen molar-refractivity contribution >= 4 is 29.3 Å². The zero-order valence-corrected chi connectivity index (χ0v) is 18.7. The van der Waals surface area contributed by atoms with E-state index in [1.54, 1.807) is 44.5 Å². The van der Waals surface area contributed by atoms with Gasteiger partial charge < -0.3 is 24.5 Å². The summed E-state index contributed by atoms with van der Waals surface area (Å²) < 4.78 is 12.1. The second kappa shape index (κ2) is 11.4. The number of amides is 1. The first kappa shape index (κ1) is 23.4. The Morgan fingerprint density at radius 2 is 1.91 bits per heavy atom. The van der Waals surface area contributed by atoms with E-state index in [0.717, 1.165) is 11.3 Å². The first-order chi connectivity index (χ1) is 15.5. The molecule has 0 bridgehead atoms. The van der Waals surface area contributed by atoms with Crippen LogP contribution in [-0.2, 0) is 22.7 Å². The summed E-state index contributed by atoms with van der Waals surface area (Å²) in [5.74, 6) is 0.0767. The van der Waals surface area contributed by atoms with E-state index in [-0.39, 0.29) is 24.9 Å². The Morgan fingerprint density at radius 3 is 2.59 bits per heavy atom. The van der Waals surface area contributed by atoms with Crippen molar-refractivity contribution in [1.82, 2.24) is 9.55 Å². The molecule has 1 heterocycles. The number of carbonyl (C=O) groups is 2. The Bertz CT molecular complexity index is 1070. The summed E-state index contributed by atoms with van der Waals surface area (Å²) in [7, 11) is 1.61. The molecule has 9 heteroatoms. The number of rotatable bonds is 10. The van der Waals surface area contributed by atoms with Crippen molar-refractivity contribution < 1.29 is 24.2 Å². The van der Waals surface area contributed by atoms with Crippen LogP contribution in [-0.4, -0.2) is 46.0 Å². The number of esters is 1. The predicted octanol–water partition coefficient (Wildman–Crippen LogP) is 3.34. The van der Waals surface area contributed by atoms with E-state index in [0.29, 0.717) is 28.6 Å². The number of nitrogens with one attached hydrogen (secondary N) is 1. The quantitative estimate of drug-likeness (QED) is 0.357. The Labute approximate surface area is 190 Å². The van der Waals surface area contributed by atoms with Crippen molar-refractivity contribution in [2.75, 3.05) is 24.8 Å². The summed E-state index contributed by atoms with van der Waals surface area (Å²) in [5, 5.41) is 13.0. The van der Waals surface area contributed by atoms with Gasteiger partial charge in [0.1, 0.15) is 5.75 Å².